The second kappa shape index (κ2) is 5.29. The number of aromatic nitrogens is 2. The molecule has 1 heterocycles. The molecule has 0 amide bonds. The molecule has 1 saturated carbocycles. The lowest BCUT2D eigenvalue weighted by atomic mass is 10.0. The molecule has 1 atom stereocenters. The maximum atomic E-state index is 11.7. The summed E-state index contributed by atoms with van der Waals surface area (Å²) < 4.78 is 10.2. The first-order valence-corrected chi connectivity index (χ1v) is 6.15. The first kappa shape index (κ1) is 12.1. The van der Waals surface area contributed by atoms with Crippen molar-refractivity contribution in [3.05, 3.63) is 11.7 Å². The van der Waals surface area contributed by atoms with Crippen LogP contribution in [-0.2, 0) is 9.53 Å². The van der Waals surface area contributed by atoms with Crippen molar-refractivity contribution in [1.82, 2.24) is 10.1 Å². The monoisotopic (exact) mass is 238 g/mol. The standard InChI is InChI=1S/C12H18N2O3/c1-8(12-13-9(2)14-17-12)16-11(15)7-10-5-3-4-6-10/h8,10H,3-7H2,1-2H3. The molecule has 0 N–H and O–H groups in total. The van der Waals surface area contributed by atoms with Gasteiger partial charge in [0.25, 0.3) is 5.89 Å². The van der Waals surface area contributed by atoms with Crippen molar-refractivity contribution in [3.8, 4) is 0 Å². The van der Waals surface area contributed by atoms with E-state index in [2.05, 4.69) is 10.1 Å². The predicted molar refractivity (Wildman–Crippen MR) is 60.1 cm³/mol. The fourth-order valence-corrected chi connectivity index (χ4v) is 2.22. The molecule has 0 spiro atoms. The largest absolute Gasteiger partial charge is 0.453 e. The number of carbonyl (C=O) groups is 1. The number of carbonyl (C=O) groups excluding carboxylic acids is 1. The summed E-state index contributed by atoms with van der Waals surface area (Å²) in [6.07, 6.45) is 4.81. The summed E-state index contributed by atoms with van der Waals surface area (Å²) in [5, 5.41) is 3.67. The molecule has 0 saturated heterocycles. The Labute approximate surface area is 101 Å². The summed E-state index contributed by atoms with van der Waals surface area (Å²) in [4.78, 5) is 15.7. The van der Waals surface area contributed by atoms with Crippen molar-refractivity contribution in [2.75, 3.05) is 0 Å². The smallest absolute Gasteiger partial charge is 0.306 e. The molecule has 1 unspecified atom stereocenters. The average molecular weight is 238 g/mol. The van der Waals surface area contributed by atoms with Crippen LogP contribution in [0.4, 0.5) is 0 Å². The minimum Gasteiger partial charge on any atom is -0.453 e. The Morgan fingerprint density at radius 1 is 1.53 bits per heavy atom. The van der Waals surface area contributed by atoms with Gasteiger partial charge in [0.2, 0.25) is 0 Å². The van der Waals surface area contributed by atoms with E-state index in [9.17, 15) is 4.79 Å². The lowest BCUT2D eigenvalue weighted by molar-refractivity contribution is -0.150. The fraction of sp³-hybridized carbons (Fsp3) is 0.750. The number of aryl methyl sites for hydroxylation is 1. The lowest BCUT2D eigenvalue weighted by Crippen LogP contribution is -2.12. The van der Waals surface area contributed by atoms with Crippen molar-refractivity contribution < 1.29 is 14.1 Å². The molecule has 17 heavy (non-hydrogen) atoms. The van der Waals surface area contributed by atoms with E-state index >= 15 is 0 Å². The zero-order valence-corrected chi connectivity index (χ0v) is 10.3. The number of nitrogens with zero attached hydrogens (tertiary/aromatic N) is 2. The van der Waals surface area contributed by atoms with Crippen LogP contribution in [0, 0.1) is 12.8 Å². The Bertz CT molecular complexity index is 383. The van der Waals surface area contributed by atoms with Gasteiger partial charge in [-0.25, -0.2) is 0 Å². The second-order valence-corrected chi connectivity index (χ2v) is 4.67. The molecule has 1 aliphatic carbocycles. The minimum atomic E-state index is -0.454. The summed E-state index contributed by atoms with van der Waals surface area (Å²) >= 11 is 0. The van der Waals surface area contributed by atoms with Gasteiger partial charge in [-0.05, 0) is 32.6 Å². The second-order valence-electron chi connectivity index (χ2n) is 4.67. The van der Waals surface area contributed by atoms with Gasteiger partial charge >= 0.3 is 5.97 Å². The van der Waals surface area contributed by atoms with Gasteiger partial charge in [0, 0.05) is 6.42 Å². The summed E-state index contributed by atoms with van der Waals surface area (Å²) in [6, 6.07) is 0. The van der Waals surface area contributed by atoms with Crippen LogP contribution >= 0.6 is 0 Å². The van der Waals surface area contributed by atoms with Crippen molar-refractivity contribution in [3.63, 3.8) is 0 Å². The van der Waals surface area contributed by atoms with Crippen LogP contribution in [0.5, 0.6) is 0 Å². The number of rotatable bonds is 4. The van der Waals surface area contributed by atoms with E-state index in [0.717, 1.165) is 12.8 Å². The van der Waals surface area contributed by atoms with Gasteiger partial charge in [0.1, 0.15) is 0 Å². The molecule has 1 aromatic heterocycles. The predicted octanol–water partition coefficient (Wildman–Crippen LogP) is 2.56. The normalized spacial score (nSPS) is 18.2. The zero-order chi connectivity index (χ0) is 12.3. The summed E-state index contributed by atoms with van der Waals surface area (Å²) in [7, 11) is 0. The maximum Gasteiger partial charge on any atom is 0.306 e. The molecule has 1 aromatic rings. The first-order valence-electron chi connectivity index (χ1n) is 6.15. The van der Waals surface area contributed by atoms with E-state index < -0.39 is 6.10 Å². The van der Waals surface area contributed by atoms with E-state index in [0.29, 0.717) is 24.1 Å². The zero-order valence-electron chi connectivity index (χ0n) is 10.3. The quantitative estimate of drug-likeness (QED) is 0.754. The number of esters is 1. The Morgan fingerprint density at radius 3 is 2.82 bits per heavy atom. The SMILES string of the molecule is Cc1noc(C(C)OC(=O)CC2CCCC2)n1. The van der Waals surface area contributed by atoms with Crippen LogP contribution in [0.25, 0.3) is 0 Å². The van der Waals surface area contributed by atoms with E-state index in [1.165, 1.54) is 12.8 Å². The van der Waals surface area contributed by atoms with Crippen molar-refractivity contribution >= 4 is 5.97 Å². The van der Waals surface area contributed by atoms with Crippen molar-refractivity contribution in [1.29, 1.82) is 0 Å². The third kappa shape index (κ3) is 3.28. The Kier molecular flexibility index (Phi) is 3.76. The van der Waals surface area contributed by atoms with E-state index in [1.54, 1.807) is 13.8 Å². The van der Waals surface area contributed by atoms with Gasteiger partial charge in [-0.2, -0.15) is 4.98 Å². The van der Waals surface area contributed by atoms with Gasteiger partial charge in [0.15, 0.2) is 11.9 Å². The lowest BCUT2D eigenvalue weighted by Gasteiger charge is -2.11. The van der Waals surface area contributed by atoms with Crippen LogP contribution < -0.4 is 0 Å². The van der Waals surface area contributed by atoms with Gasteiger partial charge in [-0.3, -0.25) is 4.79 Å². The average Bonchev–Trinajstić information content (AvgIpc) is 2.89. The van der Waals surface area contributed by atoms with E-state index in [1.807, 2.05) is 0 Å². The van der Waals surface area contributed by atoms with Gasteiger partial charge in [0.05, 0.1) is 0 Å². The molecule has 0 radical (unpaired) electrons. The number of ether oxygens (including phenoxy) is 1. The molecule has 1 fully saturated rings. The highest BCUT2D eigenvalue weighted by molar-refractivity contribution is 5.69. The van der Waals surface area contributed by atoms with Crippen molar-refractivity contribution in [2.24, 2.45) is 5.92 Å². The van der Waals surface area contributed by atoms with Crippen LogP contribution in [0.1, 0.15) is 56.8 Å². The molecule has 0 bridgehead atoms. The Hall–Kier alpha value is -1.39. The molecule has 1 aliphatic rings. The third-order valence-corrected chi connectivity index (χ3v) is 3.13. The topological polar surface area (TPSA) is 65.2 Å². The van der Waals surface area contributed by atoms with Crippen LogP contribution in [-0.4, -0.2) is 16.1 Å². The number of hydrogen-bond donors (Lipinski definition) is 0. The molecule has 2 rings (SSSR count). The van der Waals surface area contributed by atoms with Crippen LogP contribution in [0.2, 0.25) is 0 Å². The highest BCUT2D eigenvalue weighted by Crippen LogP contribution is 2.28. The number of hydrogen-bond acceptors (Lipinski definition) is 5. The summed E-state index contributed by atoms with van der Waals surface area (Å²) in [5.41, 5.74) is 0. The summed E-state index contributed by atoms with van der Waals surface area (Å²) in [5.74, 6) is 1.25. The molecule has 5 heteroatoms. The van der Waals surface area contributed by atoms with Crippen molar-refractivity contribution in [2.45, 2.75) is 52.1 Å². The Morgan fingerprint density at radius 2 is 2.24 bits per heavy atom. The molecular formula is C12H18N2O3. The highest BCUT2D eigenvalue weighted by Gasteiger charge is 2.22. The maximum absolute atomic E-state index is 11.7. The van der Waals surface area contributed by atoms with Gasteiger partial charge in [-0.1, -0.05) is 18.0 Å². The van der Waals surface area contributed by atoms with E-state index in [-0.39, 0.29) is 5.97 Å². The van der Waals surface area contributed by atoms with Crippen LogP contribution in [0.3, 0.4) is 0 Å². The molecule has 94 valence electrons. The van der Waals surface area contributed by atoms with Gasteiger partial charge in [-0.15, -0.1) is 0 Å². The minimum absolute atomic E-state index is 0.166. The molecular weight excluding hydrogens is 220 g/mol. The first-order chi connectivity index (χ1) is 8.15. The third-order valence-electron chi connectivity index (χ3n) is 3.13. The summed E-state index contributed by atoms with van der Waals surface area (Å²) in [6.45, 7) is 3.49. The Balaban J connectivity index is 1.81. The highest BCUT2D eigenvalue weighted by atomic mass is 16.6. The van der Waals surface area contributed by atoms with Crippen LogP contribution in [0.15, 0.2) is 4.52 Å². The van der Waals surface area contributed by atoms with E-state index in [4.69, 9.17) is 9.26 Å². The molecule has 0 aromatic carbocycles. The fourth-order valence-electron chi connectivity index (χ4n) is 2.22. The molecule has 5 nitrogen and oxygen atoms in total. The van der Waals surface area contributed by atoms with Gasteiger partial charge < -0.3 is 9.26 Å². The molecule has 0 aliphatic heterocycles.